The Balaban J connectivity index is 1.35. The zero-order valence-electron chi connectivity index (χ0n) is 15.7. The Kier molecular flexibility index (Phi) is 3.78. The van der Waals surface area contributed by atoms with Crippen LogP contribution in [0.1, 0.15) is 58.3 Å². The molecule has 0 saturated heterocycles. The summed E-state index contributed by atoms with van der Waals surface area (Å²) in [6, 6.07) is 0.223. The van der Waals surface area contributed by atoms with E-state index >= 15 is 0 Å². The Morgan fingerprint density at radius 1 is 1.00 bits per heavy atom. The summed E-state index contributed by atoms with van der Waals surface area (Å²) in [6.45, 7) is 2.19. The number of carboxylic acid groups (broad SMARTS) is 1. The number of fused-ring (bicyclic) bond motifs is 2. The quantitative estimate of drug-likeness (QED) is 0.739. The maximum absolute atomic E-state index is 13.2. The van der Waals surface area contributed by atoms with Crippen LogP contribution in [0, 0.1) is 46.8 Å². The summed E-state index contributed by atoms with van der Waals surface area (Å²) in [4.78, 5) is 25.0. The van der Waals surface area contributed by atoms with E-state index in [-0.39, 0.29) is 35.1 Å². The molecule has 5 saturated carbocycles. The van der Waals surface area contributed by atoms with Gasteiger partial charge >= 0.3 is 5.97 Å². The Morgan fingerprint density at radius 2 is 1.54 bits per heavy atom. The van der Waals surface area contributed by atoms with Gasteiger partial charge in [-0.1, -0.05) is 19.1 Å². The number of rotatable bonds is 5. The lowest BCUT2D eigenvalue weighted by molar-refractivity contribution is -0.148. The molecule has 1 amide bonds. The van der Waals surface area contributed by atoms with Crippen molar-refractivity contribution in [3.63, 3.8) is 0 Å². The molecule has 0 spiro atoms. The molecule has 6 bridgehead atoms. The lowest BCUT2D eigenvalue weighted by Gasteiger charge is -2.59. The van der Waals surface area contributed by atoms with Crippen LogP contribution in [0.5, 0.6) is 0 Å². The summed E-state index contributed by atoms with van der Waals surface area (Å²) in [6.07, 6.45) is 13.9. The van der Waals surface area contributed by atoms with Gasteiger partial charge in [0.15, 0.2) is 0 Å². The second-order valence-electron chi connectivity index (χ2n) is 10.1. The third-order valence-electron chi connectivity index (χ3n) is 8.60. The highest BCUT2D eigenvalue weighted by Gasteiger charge is 2.56. The molecule has 5 fully saturated rings. The summed E-state index contributed by atoms with van der Waals surface area (Å²) in [5.74, 6) is 1.08. The van der Waals surface area contributed by atoms with E-state index in [0.29, 0.717) is 0 Å². The van der Waals surface area contributed by atoms with Gasteiger partial charge in [-0.3, -0.25) is 9.59 Å². The maximum atomic E-state index is 13.2. The van der Waals surface area contributed by atoms with E-state index in [2.05, 4.69) is 18.3 Å². The topological polar surface area (TPSA) is 66.4 Å². The highest BCUT2D eigenvalue weighted by Crippen LogP contribution is 2.61. The van der Waals surface area contributed by atoms with E-state index in [1.54, 1.807) is 0 Å². The minimum atomic E-state index is -0.801. The van der Waals surface area contributed by atoms with Crippen molar-refractivity contribution in [3.05, 3.63) is 12.2 Å². The Hall–Kier alpha value is -1.32. The first-order chi connectivity index (χ1) is 12.5. The van der Waals surface area contributed by atoms with E-state index in [1.165, 1.54) is 38.5 Å². The van der Waals surface area contributed by atoms with Crippen LogP contribution in [-0.2, 0) is 9.59 Å². The van der Waals surface area contributed by atoms with Crippen molar-refractivity contribution in [2.45, 2.75) is 64.3 Å². The van der Waals surface area contributed by atoms with Crippen LogP contribution in [0.2, 0.25) is 0 Å². The molecule has 6 rings (SSSR count). The molecule has 0 aromatic carbocycles. The number of amides is 1. The van der Waals surface area contributed by atoms with Gasteiger partial charge in [-0.25, -0.2) is 0 Å². The first-order valence-corrected chi connectivity index (χ1v) is 10.7. The summed E-state index contributed by atoms with van der Waals surface area (Å²) >= 11 is 0. The molecule has 5 atom stereocenters. The number of carboxylic acids is 1. The predicted octanol–water partition coefficient (Wildman–Crippen LogP) is 3.62. The minimum absolute atomic E-state index is 0.0110. The van der Waals surface area contributed by atoms with Gasteiger partial charge in [0.05, 0.1) is 11.8 Å². The van der Waals surface area contributed by atoms with E-state index < -0.39 is 11.9 Å². The van der Waals surface area contributed by atoms with Crippen molar-refractivity contribution in [1.82, 2.24) is 5.32 Å². The van der Waals surface area contributed by atoms with E-state index in [1.807, 2.05) is 6.08 Å². The highest BCUT2D eigenvalue weighted by molar-refractivity contribution is 5.87. The van der Waals surface area contributed by atoms with Crippen LogP contribution < -0.4 is 5.32 Å². The van der Waals surface area contributed by atoms with Crippen molar-refractivity contribution in [2.75, 3.05) is 0 Å². The molecule has 4 heteroatoms. The van der Waals surface area contributed by atoms with E-state index in [9.17, 15) is 14.7 Å². The molecule has 4 nitrogen and oxygen atoms in total. The molecule has 26 heavy (non-hydrogen) atoms. The van der Waals surface area contributed by atoms with Crippen LogP contribution in [0.4, 0.5) is 0 Å². The van der Waals surface area contributed by atoms with Crippen molar-refractivity contribution in [3.8, 4) is 0 Å². The molecular weight excluding hydrogens is 326 g/mol. The number of hydrogen-bond acceptors (Lipinski definition) is 2. The lowest BCUT2D eigenvalue weighted by atomic mass is 9.47. The Labute approximate surface area is 155 Å². The minimum Gasteiger partial charge on any atom is -0.481 e. The average Bonchev–Trinajstić information content (AvgIpc) is 3.19. The molecular formula is C22H31NO3. The van der Waals surface area contributed by atoms with Crippen LogP contribution in [0.15, 0.2) is 12.2 Å². The molecule has 2 N–H and O–H groups in total. The molecule has 0 radical (unpaired) electrons. The van der Waals surface area contributed by atoms with Gasteiger partial charge in [0.1, 0.15) is 0 Å². The van der Waals surface area contributed by atoms with Crippen molar-refractivity contribution in [2.24, 2.45) is 46.8 Å². The fraction of sp³-hybridized carbons (Fsp3) is 0.818. The third kappa shape index (κ3) is 2.40. The second-order valence-corrected chi connectivity index (χ2v) is 10.1. The molecule has 0 aliphatic heterocycles. The number of carbonyl (C=O) groups is 2. The first kappa shape index (κ1) is 16.8. The van der Waals surface area contributed by atoms with Crippen LogP contribution >= 0.6 is 0 Å². The zero-order valence-corrected chi connectivity index (χ0v) is 15.7. The number of nitrogens with one attached hydrogen (secondary N) is 1. The van der Waals surface area contributed by atoms with Gasteiger partial charge in [-0.15, -0.1) is 0 Å². The summed E-state index contributed by atoms with van der Waals surface area (Å²) < 4.78 is 0. The molecule has 0 aromatic rings. The Morgan fingerprint density at radius 3 is 2.04 bits per heavy atom. The van der Waals surface area contributed by atoms with E-state index in [0.717, 1.165) is 30.6 Å². The molecule has 6 aliphatic rings. The van der Waals surface area contributed by atoms with Gasteiger partial charge in [-0.2, -0.15) is 0 Å². The van der Waals surface area contributed by atoms with Gasteiger partial charge in [0.2, 0.25) is 5.91 Å². The third-order valence-corrected chi connectivity index (χ3v) is 8.60. The first-order valence-electron chi connectivity index (χ1n) is 10.7. The average molecular weight is 357 g/mol. The maximum Gasteiger partial charge on any atom is 0.307 e. The standard InChI is InChI=1S/C22H31NO3/c1-2-17(22-9-12-5-13(10-22)7-14(6-12)11-22)23-20(24)18-15-3-4-16(8-15)19(18)21(25)26/h3-4,12-19H,2,5-11H2,1H3,(H,23,24)(H,25,26)/t12?,13?,14?,15-,16-,17+,18+,19-,22?/m0/s1. The van der Waals surface area contributed by atoms with Crippen molar-refractivity contribution >= 4 is 11.9 Å². The van der Waals surface area contributed by atoms with Gasteiger partial charge in [0, 0.05) is 6.04 Å². The fourth-order valence-electron chi connectivity index (χ4n) is 8.08. The summed E-state index contributed by atoms with van der Waals surface area (Å²) in [7, 11) is 0. The highest BCUT2D eigenvalue weighted by atomic mass is 16.4. The summed E-state index contributed by atoms with van der Waals surface area (Å²) in [5.41, 5.74) is 0.283. The normalized spacial score (nSPS) is 48.7. The second kappa shape index (κ2) is 5.84. The zero-order chi connectivity index (χ0) is 18.1. The molecule has 142 valence electrons. The lowest BCUT2D eigenvalue weighted by Crippen LogP contribution is -2.58. The molecule has 0 unspecified atom stereocenters. The molecule has 6 aliphatic carbocycles. The van der Waals surface area contributed by atoms with E-state index in [4.69, 9.17) is 0 Å². The van der Waals surface area contributed by atoms with Crippen LogP contribution in [0.3, 0.4) is 0 Å². The largest absolute Gasteiger partial charge is 0.481 e. The predicted molar refractivity (Wildman–Crippen MR) is 98.2 cm³/mol. The smallest absolute Gasteiger partial charge is 0.307 e. The monoisotopic (exact) mass is 357 g/mol. The number of hydrogen-bond donors (Lipinski definition) is 2. The number of aliphatic carboxylic acids is 1. The van der Waals surface area contributed by atoms with Gasteiger partial charge in [0.25, 0.3) is 0 Å². The van der Waals surface area contributed by atoms with Crippen molar-refractivity contribution in [1.29, 1.82) is 0 Å². The summed E-state index contributed by atoms with van der Waals surface area (Å²) in [5, 5.41) is 13.1. The van der Waals surface area contributed by atoms with Crippen LogP contribution in [-0.4, -0.2) is 23.0 Å². The molecule has 0 aromatic heterocycles. The number of allylic oxidation sites excluding steroid dienone is 2. The number of carbonyl (C=O) groups excluding carboxylic acids is 1. The Bertz CT molecular complexity index is 618. The fourth-order valence-corrected chi connectivity index (χ4v) is 8.08. The SMILES string of the molecule is CC[C@@H](NC(=O)[C@H]1[C@@H](C(=O)O)[C@H]2C=C[C@H]1C2)C12CC3CC(CC(C3)C1)C2. The van der Waals surface area contributed by atoms with Crippen LogP contribution in [0.25, 0.3) is 0 Å². The van der Waals surface area contributed by atoms with Gasteiger partial charge < -0.3 is 10.4 Å². The molecule has 0 heterocycles. The van der Waals surface area contributed by atoms with Crippen molar-refractivity contribution < 1.29 is 14.7 Å². The van der Waals surface area contributed by atoms with Gasteiger partial charge in [-0.05, 0) is 86.4 Å².